The molecule has 0 saturated heterocycles. The maximum Gasteiger partial charge on any atom is 0.342 e. The first-order chi connectivity index (χ1) is 11.9. The van der Waals surface area contributed by atoms with Gasteiger partial charge in [0.2, 0.25) is 0 Å². The maximum atomic E-state index is 12.6. The zero-order valence-electron chi connectivity index (χ0n) is 14.1. The Bertz CT molecular complexity index is 802. The fraction of sp³-hybridized carbons (Fsp3) is 0.263. The highest BCUT2D eigenvalue weighted by Gasteiger charge is 2.39. The lowest BCUT2D eigenvalue weighted by atomic mass is 9.80. The summed E-state index contributed by atoms with van der Waals surface area (Å²) in [7, 11) is 0. The third-order valence-corrected chi connectivity index (χ3v) is 5.02. The van der Waals surface area contributed by atoms with E-state index in [0.29, 0.717) is 22.3 Å². The third-order valence-electron chi connectivity index (χ3n) is 4.52. The van der Waals surface area contributed by atoms with Crippen LogP contribution in [0.4, 0.5) is 10.5 Å². The zero-order chi connectivity index (χ0) is 18.0. The van der Waals surface area contributed by atoms with Gasteiger partial charge in [-0.3, -0.25) is 0 Å². The van der Waals surface area contributed by atoms with Crippen molar-refractivity contribution in [2.24, 2.45) is 10.5 Å². The first-order valence-electron chi connectivity index (χ1n) is 8.10. The third kappa shape index (κ3) is 3.80. The number of urea groups is 1. The van der Waals surface area contributed by atoms with Gasteiger partial charge in [-0.2, -0.15) is 5.10 Å². The Morgan fingerprint density at radius 1 is 1.12 bits per heavy atom. The van der Waals surface area contributed by atoms with Gasteiger partial charge in [-0.05, 0) is 48.4 Å². The van der Waals surface area contributed by atoms with Crippen molar-refractivity contribution in [3.63, 3.8) is 0 Å². The first kappa shape index (κ1) is 17.8. The minimum atomic E-state index is -0.258. The lowest BCUT2D eigenvalue weighted by Gasteiger charge is -2.24. The second-order valence-electron chi connectivity index (χ2n) is 6.36. The van der Waals surface area contributed by atoms with E-state index in [1.54, 1.807) is 24.3 Å². The van der Waals surface area contributed by atoms with E-state index in [1.807, 2.05) is 24.3 Å². The molecule has 1 unspecified atom stereocenters. The summed E-state index contributed by atoms with van der Waals surface area (Å²) in [4.78, 5) is 12.6. The fourth-order valence-corrected chi connectivity index (χ4v) is 3.07. The summed E-state index contributed by atoms with van der Waals surface area (Å²) < 4.78 is 0. The summed E-state index contributed by atoms with van der Waals surface area (Å²) in [6.45, 7) is 4.75. The van der Waals surface area contributed by atoms with Crippen molar-refractivity contribution in [3.05, 3.63) is 64.1 Å². The van der Waals surface area contributed by atoms with Crippen LogP contribution < -0.4 is 5.32 Å². The van der Waals surface area contributed by atoms with E-state index in [-0.39, 0.29) is 11.4 Å². The van der Waals surface area contributed by atoms with Crippen LogP contribution in [-0.2, 0) is 0 Å². The van der Waals surface area contributed by atoms with E-state index in [9.17, 15) is 4.79 Å². The van der Waals surface area contributed by atoms with Crippen LogP contribution in [0, 0.1) is 5.41 Å². The number of nitrogens with zero attached hydrogens (tertiary/aromatic N) is 2. The second-order valence-corrected chi connectivity index (χ2v) is 7.24. The topological polar surface area (TPSA) is 44.7 Å². The summed E-state index contributed by atoms with van der Waals surface area (Å²) in [5.41, 5.74) is 2.36. The molecule has 6 heteroatoms. The molecule has 1 atom stereocenters. The molecule has 2 aromatic rings. The molecule has 0 aliphatic carbocycles. The smallest absolute Gasteiger partial charge is 0.306 e. The standard InChI is InChI=1S/C19H19Cl2N3O/c1-3-19(2)12-24(18(25)22-16-10-8-15(21)9-11-16)23-17(19)13-4-6-14(20)7-5-13/h4-11H,3,12H2,1-2H3,(H,22,25). The van der Waals surface area contributed by atoms with Gasteiger partial charge < -0.3 is 5.32 Å². The van der Waals surface area contributed by atoms with E-state index in [2.05, 4.69) is 24.3 Å². The quantitative estimate of drug-likeness (QED) is 0.738. The molecule has 2 aromatic carbocycles. The summed E-state index contributed by atoms with van der Waals surface area (Å²) >= 11 is 11.9. The number of halogens is 2. The van der Waals surface area contributed by atoms with Crippen molar-refractivity contribution in [1.82, 2.24) is 5.01 Å². The average molecular weight is 376 g/mol. The Balaban J connectivity index is 1.83. The maximum absolute atomic E-state index is 12.6. The van der Waals surface area contributed by atoms with E-state index < -0.39 is 0 Å². The SMILES string of the molecule is CCC1(C)CN(C(=O)Nc2ccc(Cl)cc2)N=C1c1ccc(Cl)cc1. The van der Waals surface area contributed by atoms with Crippen LogP contribution in [0.2, 0.25) is 10.0 Å². The molecule has 3 rings (SSSR count). The van der Waals surface area contributed by atoms with Gasteiger partial charge >= 0.3 is 6.03 Å². The molecule has 130 valence electrons. The van der Waals surface area contributed by atoms with Crippen LogP contribution in [0.5, 0.6) is 0 Å². The van der Waals surface area contributed by atoms with Crippen LogP contribution in [0.15, 0.2) is 53.6 Å². The van der Waals surface area contributed by atoms with Gasteiger partial charge in [0.15, 0.2) is 0 Å². The van der Waals surface area contributed by atoms with Crippen molar-refractivity contribution < 1.29 is 4.79 Å². The van der Waals surface area contributed by atoms with Gasteiger partial charge in [-0.15, -0.1) is 0 Å². The molecule has 2 amide bonds. The molecule has 1 heterocycles. The molecular formula is C19H19Cl2N3O. The molecule has 1 N–H and O–H groups in total. The minimum absolute atomic E-state index is 0.203. The number of carbonyl (C=O) groups excluding carboxylic acids is 1. The number of hydrogen-bond donors (Lipinski definition) is 1. The van der Waals surface area contributed by atoms with Gasteiger partial charge in [0.05, 0.1) is 12.3 Å². The number of rotatable bonds is 3. The van der Waals surface area contributed by atoms with Crippen LogP contribution in [0.25, 0.3) is 0 Å². The number of hydrazone groups is 1. The molecule has 0 saturated carbocycles. The van der Waals surface area contributed by atoms with Gasteiger partial charge in [0.25, 0.3) is 0 Å². The van der Waals surface area contributed by atoms with E-state index in [0.717, 1.165) is 17.7 Å². The monoisotopic (exact) mass is 375 g/mol. The lowest BCUT2D eigenvalue weighted by Crippen LogP contribution is -2.35. The Hall–Kier alpha value is -2.04. The minimum Gasteiger partial charge on any atom is -0.306 e. The summed E-state index contributed by atoms with van der Waals surface area (Å²) in [6.07, 6.45) is 0.874. The Morgan fingerprint density at radius 3 is 2.24 bits per heavy atom. The number of carbonyl (C=O) groups is 1. The average Bonchev–Trinajstić information content (AvgIpc) is 2.96. The Labute approximate surface area is 157 Å². The lowest BCUT2D eigenvalue weighted by molar-refractivity contribution is 0.207. The predicted octanol–water partition coefficient (Wildman–Crippen LogP) is 5.66. The van der Waals surface area contributed by atoms with Crippen molar-refractivity contribution in [2.75, 3.05) is 11.9 Å². The van der Waals surface area contributed by atoms with Crippen LogP contribution >= 0.6 is 23.2 Å². The van der Waals surface area contributed by atoms with Crippen LogP contribution in [0.3, 0.4) is 0 Å². The van der Waals surface area contributed by atoms with Crippen molar-refractivity contribution in [2.45, 2.75) is 20.3 Å². The molecule has 0 radical (unpaired) electrons. The van der Waals surface area contributed by atoms with Gasteiger partial charge in [-0.25, -0.2) is 9.80 Å². The van der Waals surface area contributed by atoms with E-state index >= 15 is 0 Å². The summed E-state index contributed by atoms with van der Waals surface area (Å²) in [6, 6.07) is 14.3. The number of nitrogens with one attached hydrogen (secondary N) is 1. The van der Waals surface area contributed by atoms with Crippen LogP contribution in [0.1, 0.15) is 25.8 Å². The Kier molecular flexibility index (Phi) is 5.02. The molecule has 0 fully saturated rings. The largest absolute Gasteiger partial charge is 0.342 e. The van der Waals surface area contributed by atoms with Gasteiger partial charge in [-0.1, -0.05) is 49.2 Å². The molecule has 0 spiro atoms. The predicted molar refractivity (Wildman–Crippen MR) is 104 cm³/mol. The highest BCUT2D eigenvalue weighted by atomic mass is 35.5. The fourth-order valence-electron chi connectivity index (χ4n) is 2.81. The van der Waals surface area contributed by atoms with Crippen molar-refractivity contribution in [1.29, 1.82) is 0 Å². The van der Waals surface area contributed by atoms with Gasteiger partial charge in [0, 0.05) is 21.1 Å². The molecule has 1 aliphatic rings. The zero-order valence-corrected chi connectivity index (χ0v) is 15.6. The highest BCUT2D eigenvalue weighted by molar-refractivity contribution is 6.31. The number of amides is 2. The summed E-state index contributed by atoms with van der Waals surface area (Å²) in [5, 5.41) is 10.2. The second kappa shape index (κ2) is 7.06. The van der Waals surface area contributed by atoms with Crippen molar-refractivity contribution in [3.8, 4) is 0 Å². The first-order valence-corrected chi connectivity index (χ1v) is 8.86. The molecule has 0 bridgehead atoms. The molecule has 25 heavy (non-hydrogen) atoms. The molecule has 0 aromatic heterocycles. The Morgan fingerprint density at radius 2 is 1.68 bits per heavy atom. The number of benzene rings is 2. The van der Waals surface area contributed by atoms with Crippen LogP contribution in [-0.4, -0.2) is 23.3 Å². The normalized spacial score (nSPS) is 19.7. The molecule has 1 aliphatic heterocycles. The van der Waals surface area contributed by atoms with Crippen molar-refractivity contribution >= 4 is 40.6 Å². The molecular weight excluding hydrogens is 357 g/mol. The van der Waals surface area contributed by atoms with E-state index in [4.69, 9.17) is 23.2 Å². The van der Waals surface area contributed by atoms with E-state index in [1.165, 1.54) is 5.01 Å². The van der Waals surface area contributed by atoms with Gasteiger partial charge in [0.1, 0.15) is 0 Å². The summed E-state index contributed by atoms with van der Waals surface area (Å²) in [5.74, 6) is 0. The molecule has 4 nitrogen and oxygen atoms in total. The highest BCUT2D eigenvalue weighted by Crippen LogP contribution is 2.34. The number of anilines is 1. The number of hydrogen-bond acceptors (Lipinski definition) is 2.